The zero-order valence-electron chi connectivity index (χ0n) is 12.3. The molecule has 0 aliphatic carbocycles. The van der Waals surface area contributed by atoms with Gasteiger partial charge in [-0.2, -0.15) is 5.10 Å². The minimum atomic E-state index is 0.0558. The number of nitrogens with one attached hydrogen (secondary N) is 2. The lowest BCUT2D eigenvalue weighted by molar-refractivity contribution is -0.120. The van der Waals surface area contributed by atoms with E-state index in [2.05, 4.69) is 15.7 Å². The molecule has 6 nitrogen and oxygen atoms in total. The lowest BCUT2D eigenvalue weighted by Gasteiger charge is -2.13. The summed E-state index contributed by atoms with van der Waals surface area (Å²) in [6.45, 7) is 9.29. The highest BCUT2D eigenvalue weighted by Crippen LogP contribution is 2.25. The molecule has 0 atom stereocenters. The first-order valence-electron chi connectivity index (χ1n) is 6.82. The van der Waals surface area contributed by atoms with Crippen molar-refractivity contribution in [2.75, 3.05) is 24.1 Å². The molecule has 0 bridgehead atoms. The van der Waals surface area contributed by atoms with Gasteiger partial charge in [0.1, 0.15) is 5.82 Å². The minimum absolute atomic E-state index is 0.0558. The van der Waals surface area contributed by atoms with Gasteiger partial charge in [0.05, 0.1) is 11.4 Å². The second-order valence-corrected chi connectivity index (χ2v) is 4.91. The summed E-state index contributed by atoms with van der Waals surface area (Å²) in [5.41, 5.74) is 7.46. The average molecular weight is 267 g/mol. The molecule has 19 heavy (non-hydrogen) atoms. The van der Waals surface area contributed by atoms with Crippen LogP contribution in [0.4, 0.5) is 11.5 Å². The molecule has 0 aliphatic rings. The fourth-order valence-corrected chi connectivity index (χ4v) is 1.76. The minimum Gasteiger partial charge on any atom is -0.394 e. The van der Waals surface area contributed by atoms with E-state index in [0.29, 0.717) is 18.7 Å². The summed E-state index contributed by atoms with van der Waals surface area (Å²) in [6.07, 6.45) is 1.38. The van der Waals surface area contributed by atoms with Crippen molar-refractivity contribution >= 4 is 17.4 Å². The van der Waals surface area contributed by atoms with Crippen LogP contribution >= 0.6 is 0 Å². The lowest BCUT2D eigenvalue weighted by atomic mass is 10.3. The van der Waals surface area contributed by atoms with E-state index in [0.717, 1.165) is 24.5 Å². The first kappa shape index (κ1) is 15.3. The zero-order chi connectivity index (χ0) is 14.4. The smallest absolute Gasteiger partial charge is 0.221 e. The Morgan fingerprint density at radius 3 is 2.68 bits per heavy atom. The van der Waals surface area contributed by atoms with Crippen molar-refractivity contribution in [1.29, 1.82) is 0 Å². The standard InChI is InChI=1S/C13H25N5O/c1-5-7-15-11(19)6-8-16-13-12(14)10(4)17-18(13)9(2)3/h9,16H,5-8,14H2,1-4H3,(H,15,19). The van der Waals surface area contributed by atoms with Gasteiger partial charge in [0, 0.05) is 25.6 Å². The van der Waals surface area contributed by atoms with Gasteiger partial charge in [0.15, 0.2) is 0 Å². The summed E-state index contributed by atoms with van der Waals surface area (Å²) >= 11 is 0. The first-order valence-corrected chi connectivity index (χ1v) is 6.82. The van der Waals surface area contributed by atoms with Gasteiger partial charge in [-0.15, -0.1) is 0 Å². The molecule has 0 fully saturated rings. The van der Waals surface area contributed by atoms with Gasteiger partial charge >= 0.3 is 0 Å². The normalized spacial score (nSPS) is 10.8. The third kappa shape index (κ3) is 4.15. The van der Waals surface area contributed by atoms with E-state index >= 15 is 0 Å². The summed E-state index contributed by atoms with van der Waals surface area (Å²) in [5.74, 6) is 0.857. The van der Waals surface area contributed by atoms with Crippen LogP contribution in [0.1, 0.15) is 45.3 Å². The summed E-state index contributed by atoms with van der Waals surface area (Å²) in [5, 5.41) is 10.4. The van der Waals surface area contributed by atoms with Crippen molar-refractivity contribution in [3.63, 3.8) is 0 Å². The van der Waals surface area contributed by atoms with Crippen LogP contribution in [0.25, 0.3) is 0 Å². The van der Waals surface area contributed by atoms with E-state index < -0.39 is 0 Å². The third-order valence-electron chi connectivity index (χ3n) is 2.84. The van der Waals surface area contributed by atoms with Crippen molar-refractivity contribution in [1.82, 2.24) is 15.1 Å². The van der Waals surface area contributed by atoms with E-state index in [1.165, 1.54) is 0 Å². The predicted octanol–water partition coefficient (Wildman–Crippen LogP) is 1.68. The Kier molecular flexibility index (Phi) is 5.66. The van der Waals surface area contributed by atoms with Crippen LogP contribution in [0.15, 0.2) is 0 Å². The number of carbonyl (C=O) groups is 1. The van der Waals surface area contributed by atoms with Gasteiger partial charge in [-0.05, 0) is 27.2 Å². The molecule has 0 unspecified atom stereocenters. The van der Waals surface area contributed by atoms with Gasteiger partial charge in [-0.25, -0.2) is 4.68 Å². The molecule has 4 N–H and O–H groups in total. The maximum atomic E-state index is 11.5. The molecule has 0 saturated carbocycles. The molecular weight excluding hydrogens is 242 g/mol. The largest absolute Gasteiger partial charge is 0.394 e. The number of aromatic nitrogens is 2. The second-order valence-electron chi connectivity index (χ2n) is 4.91. The highest BCUT2D eigenvalue weighted by Gasteiger charge is 2.14. The number of amides is 1. The van der Waals surface area contributed by atoms with E-state index in [1.54, 1.807) is 0 Å². The third-order valence-corrected chi connectivity index (χ3v) is 2.84. The number of nitrogens with zero attached hydrogens (tertiary/aromatic N) is 2. The highest BCUT2D eigenvalue weighted by molar-refractivity contribution is 5.76. The number of hydrogen-bond donors (Lipinski definition) is 3. The molecule has 0 radical (unpaired) electrons. The number of carbonyl (C=O) groups excluding carboxylic acids is 1. The van der Waals surface area contributed by atoms with Crippen LogP contribution in [0.3, 0.4) is 0 Å². The van der Waals surface area contributed by atoms with Crippen LogP contribution in [0.2, 0.25) is 0 Å². The van der Waals surface area contributed by atoms with Crippen molar-refractivity contribution in [2.24, 2.45) is 0 Å². The molecule has 1 amide bonds. The second kappa shape index (κ2) is 7.01. The average Bonchev–Trinajstić information content (AvgIpc) is 2.64. The molecule has 1 aromatic rings. The summed E-state index contributed by atoms with van der Waals surface area (Å²) in [7, 11) is 0. The fourth-order valence-electron chi connectivity index (χ4n) is 1.76. The molecule has 0 spiro atoms. The van der Waals surface area contributed by atoms with Crippen molar-refractivity contribution in [2.45, 2.75) is 46.6 Å². The maximum Gasteiger partial charge on any atom is 0.221 e. The topological polar surface area (TPSA) is 85.0 Å². The predicted molar refractivity (Wildman–Crippen MR) is 78.2 cm³/mol. The quantitative estimate of drug-likeness (QED) is 0.701. The van der Waals surface area contributed by atoms with Crippen LogP contribution < -0.4 is 16.4 Å². The molecule has 0 aliphatic heterocycles. The van der Waals surface area contributed by atoms with Crippen LogP contribution in [0, 0.1) is 6.92 Å². The van der Waals surface area contributed by atoms with Crippen LogP contribution in [0.5, 0.6) is 0 Å². The van der Waals surface area contributed by atoms with E-state index in [9.17, 15) is 4.79 Å². The van der Waals surface area contributed by atoms with Crippen LogP contribution in [-0.4, -0.2) is 28.8 Å². The van der Waals surface area contributed by atoms with Crippen LogP contribution in [-0.2, 0) is 4.79 Å². The van der Waals surface area contributed by atoms with Gasteiger partial charge in [-0.1, -0.05) is 6.92 Å². The van der Waals surface area contributed by atoms with Crippen molar-refractivity contribution < 1.29 is 4.79 Å². The van der Waals surface area contributed by atoms with Gasteiger partial charge in [0.2, 0.25) is 5.91 Å². The first-order chi connectivity index (χ1) is 8.97. The Morgan fingerprint density at radius 2 is 2.11 bits per heavy atom. The van der Waals surface area contributed by atoms with E-state index in [1.807, 2.05) is 32.4 Å². The van der Waals surface area contributed by atoms with Gasteiger partial charge < -0.3 is 16.4 Å². The van der Waals surface area contributed by atoms with Crippen molar-refractivity contribution in [3.05, 3.63) is 5.69 Å². The Labute approximate surface area is 114 Å². The fraction of sp³-hybridized carbons (Fsp3) is 0.692. The Balaban J connectivity index is 2.55. The number of nitrogen functional groups attached to an aromatic ring is 1. The number of rotatable bonds is 7. The molecule has 1 rings (SSSR count). The Hall–Kier alpha value is -1.72. The van der Waals surface area contributed by atoms with E-state index in [-0.39, 0.29) is 11.9 Å². The molecule has 0 aromatic carbocycles. The van der Waals surface area contributed by atoms with Gasteiger partial charge in [-0.3, -0.25) is 4.79 Å². The highest BCUT2D eigenvalue weighted by atomic mass is 16.1. The summed E-state index contributed by atoms with van der Waals surface area (Å²) in [4.78, 5) is 11.5. The summed E-state index contributed by atoms with van der Waals surface area (Å²) < 4.78 is 1.86. The number of nitrogens with two attached hydrogens (primary N) is 1. The maximum absolute atomic E-state index is 11.5. The van der Waals surface area contributed by atoms with Gasteiger partial charge in [0.25, 0.3) is 0 Å². The number of aryl methyl sites for hydroxylation is 1. The molecule has 0 saturated heterocycles. The SMILES string of the molecule is CCCNC(=O)CCNc1c(N)c(C)nn1C(C)C. The Bertz CT molecular complexity index is 425. The molecule has 1 heterocycles. The number of hydrogen-bond acceptors (Lipinski definition) is 4. The monoisotopic (exact) mass is 267 g/mol. The zero-order valence-corrected chi connectivity index (χ0v) is 12.3. The summed E-state index contributed by atoms with van der Waals surface area (Å²) in [6, 6.07) is 0.229. The molecule has 108 valence electrons. The molecule has 1 aromatic heterocycles. The molecular formula is C13H25N5O. The van der Waals surface area contributed by atoms with E-state index in [4.69, 9.17) is 5.73 Å². The number of anilines is 2. The Morgan fingerprint density at radius 1 is 1.42 bits per heavy atom. The lowest BCUT2D eigenvalue weighted by Crippen LogP contribution is -2.26. The molecule has 6 heteroatoms. The van der Waals surface area contributed by atoms with Crippen molar-refractivity contribution in [3.8, 4) is 0 Å².